The van der Waals surface area contributed by atoms with Gasteiger partial charge in [0.15, 0.2) is 0 Å². The second kappa shape index (κ2) is 7.91. The zero-order valence-corrected chi connectivity index (χ0v) is 15.0. The summed E-state index contributed by atoms with van der Waals surface area (Å²) in [5, 5.41) is 2.92. The first-order valence-electron chi connectivity index (χ1n) is 8.73. The van der Waals surface area contributed by atoms with Gasteiger partial charge in [-0.15, -0.1) is 0 Å². The number of benzene rings is 2. The molecular formula is C20H23N3O3. The summed E-state index contributed by atoms with van der Waals surface area (Å²) in [7, 11) is 1.65. The Morgan fingerprint density at radius 3 is 2.42 bits per heavy atom. The van der Waals surface area contributed by atoms with Gasteiger partial charge < -0.3 is 15.0 Å². The van der Waals surface area contributed by atoms with Crippen LogP contribution in [0.1, 0.15) is 24.9 Å². The number of hydrogen-bond donors (Lipinski definition) is 1. The number of nitrogens with zero attached hydrogens (tertiary/aromatic N) is 2. The highest BCUT2D eigenvalue weighted by Crippen LogP contribution is 2.33. The Balaban J connectivity index is 1.60. The third-order valence-corrected chi connectivity index (χ3v) is 4.51. The molecule has 3 rings (SSSR count). The Labute approximate surface area is 153 Å². The Morgan fingerprint density at radius 2 is 1.85 bits per heavy atom. The van der Waals surface area contributed by atoms with Crippen LogP contribution in [0.15, 0.2) is 54.6 Å². The molecule has 0 bridgehead atoms. The van der Waals surface area contributed by atoms with Gasteiger partial charge in [0.25, 0.3) is 0 Å². The number of likely N-dealkylation sites (tertiary alicyclic amines) is 1. The molecule has 0 aliphatic carbocycles. The minimum absolute atomic E-state index is 0.114. The molecule has 0 saturated carbocycles. The van der Waals surface area contributed by atoms with Crippen molar-refractivity contribution in [2.24, 2.45) is 0 Å². The molecule has 0 spiro atoms. The summed E-state index contributed by atoms with van der Waals surface area (Å²) in [6.07, 6.45) is 0.566. The standard InChI is InChI=1S/C20H23N3O3/c1-3-26-20(25)22(2)17-11-9-16(10-12-17)21-19(24)23-14-13-18(23)15-7-5-4-6-8-15/h4-12,18H,3,13-14H2,1-2H3,(H,21,24). The lowest BCUT2D eigenvalue weighted by atomic mass is 9.95. The average molecular weight is 353 g/mol. The molecule has 0 aromatic heterocycles. The van der Waals surface area contributed by atoms with Crippen molar-refractivity contribution in [3.8, 4) is 0 Å². The summed E-state index contributed by atoms with van der Waals surface area (Å²) in [4.78, 5) is 27.5. The zero-order chi connectivity index (χ0) is 18.5. The SMILES string of the molecule is CCOC(=O)N(C)c1ccc(NC(=O)N2CCC2c2ccccc2)cc1. The summed E-state index contributed by atoms with van der Waals surface area (Å²) in [6.45, 7) is 2.84. The first-order valence-corrected chi connectivity index (χ1v) is 8.73. The van der Waals surface area contributed by atoms with E-state index in [9.17, 15) is 9.59 Å². The normalized spacial score (nSPS) is 15.8. The van der Waals surface area contributed by atoms with Crippen molar-refractivity contribution < 1.29 is 14.3 Å². The Hall–Kier alpha value is -3.02. The van der Waals surface area contributed by atoms with Gasteiger partial charge in [-0.05, 0) is 43.2 Å². The van der Waals surface area contributed by atoms with Crippen molar-refractivity contribution >= 4 is 23.5 Å². The number of rotatable bonds is 4. The van der Waals surface area contributed by atoms with E-state index in [1.54, 1.807) is 38.2 Å². The van der Waals surface area contributed by atoms with E-state index in [0.717, 1.165) is 18.5 Å². The molecule has 1 fully saturated rings. The highest BCUT2D eigenvalue weighted by Gasteiger charge is 2.33. The molecule has 1 heterocycles. The third-order valence-electron chi connectivity index (χ3n) is 4.51. The van der Waals surface area contributed by atoms with Crippen molar-refractivity contribution in [3.63, 3.8) is 0 Å². The molecule has 136 valence electrons. The highest BCUT2D eigenvalue weighted by atomic mass is 16.6. The van der Waals surface area contributed by atoms with Crippen LogP contribution < -0.4 is 10.2 Å². The van der Waals surface area contributed by atoms with Crippen LogP contribution in [0.2, 0.25) is 0 Å². The summed E-state index contributed by atoms with van der Waals surface area (Å²) < 4.78 is 4.97. The van der Waals surface area contributed by atoms with Crippen LogP contribution in [0.4, 0.5) is 21.0 Å². The molecule has 2 aromatic carbocycles. The fourth-order valence-electron chi connectivity index (χ4n) is 2.94. The second-order valence-corrected chi connectivity index (χ2v) is 6.14. The lowest BCUT2D eigenvalue weighted by molar-refractivity contribution is 0.126. The highest BCUT2D eigenvalue weighted by molar-refractivity contribution is 5.91. The maximum Gasteiger partial charge on any atom is 0.413 e. The first-order chi connectivity index (χ1) is 12.6. The fourth-order valence-corrected chi connectivity index (χ4v) is 2.94. The van der Waals surface area contributed by atoms with E-state index >= 15 is 0 Å². The second-order valence-electron chi connectivity index (χ2n) is 6.14. The lowest BCUT2D eigenvalue weighted by Crippen LogP contribution is -2.47. The maximum absolute atomic E-state index is 12.5. The molecule has 1 unspecified atom stereocenters. The molecule has 6 heteroatoms. The minimum Gasteiger partial charge on any atom is -0.449 e. The zero-order valence-electron chi connectivity index (χ0n) is 15.0. The van der Waals surface area contributed by atoms with Crippen molar-refractivity contribution in [3.05, 3.63) is 60.2 Å². The van der Waals surface area contributed by atoms with Crippen LogP contribution in [0.25, 0.3) is 0 Å². The maximum atomic E-state index is 12.5. The van der Waals surface area contributed by atoms with Gasteiger partial charge in [0.05, 0.1) is 12.6 Å². The predicted octanol–water partition coefficient (Wildman–Crippen LogP) is 4.26. The molecule has 3 amide bonds. The molecular weight excluding hydrogens is 330 g/mol. The van der Waals surface area contributed by atoms with Crippen LogP contribution in [-0.2, 0) is 4.74 Å². The summed E-state index contributed by atoms with van der Waals surface area (Å²) in [5.41, 5.74) is 2.54. The monoisotopic (exact) mass is 353 g/mol. The molecule has 1 saturated heterocycles. The first kappa shape index (κ1) is 17.8. The molecule has 2 aromatic rings. The van der Waals surface area contributed by atoms with Gasteiger partial charge in [-0.3, -0.25) is 4.90 Å². The number of carbonyl (C=O) groups excluding carboxylic acids is 2. The van der Waals surface area contributed by atoms with Crippen molar-refractivity contribution in [1.82, 2.24) is 4.90 Å². The Kier molecular flexibility index (Phi) is 5.41. The molecule has 1 aliphatic heterocycles. The number of hydrogen-bond acceptors (Lipinski definition) is 3. The quantitative estimate of drug-likeness (QED) is 0.893. The van der Waals surface area contributed by atoms with E-state index in [2.05, 4.69) is 5.32 Å². The molecule has 1 aliphatic rings. The average Bonchev–Trinajstić information content (AvgIpc) is 2.62. The van der Waals surface area contributed by atoms with Gasteiger partial charge in [-0.25, -0.2) is 9.59 Å². The number of ether oxygens (including phenoxy) is 1. The summed E-state index contributed by atoms with van der Waals surface area (Å²) in [6, 6.07) is 17.2. The van der Waals surface area contributed by atoms with Gasteiger partial charge in [-0.2, -0.15) is 0 Å². The van der Waals surface area contributed by atoms with E-state index in [1.807, 2.05) is 35.2 Å². The van der Waals surface area contributed by atoms with Crippen molar-refractivity contribution in [1.29, 1.82) is 0 Å². The topological polar surface area (TPSA) is 61.9 Å². The molecule has 1 atom stereocenters. The van der Waals surface area contributed by atoms with Crippen LogP contribution in [0.3, 0.4) is 0 Å². The van der Waals surface area contributed by atoms with Crippen LogP contribution in [0, 0.1) is 0 Å². The van der Waals surface area contributed by atoms with Crippen LogP contribution in [0.5, 0.6) is 0 Å². The van der Waals surface area contributed by atoms with E-state index in [0.29, 0.717) is 18.0 Å². The Morgan fingerprint density at radius 1 is 1.15 bits per heavy atom. The van der Waals surface area contributed by atoms with E-state index in [1.165, 1.54) is 4.90 Å². The Bertz CT molecular complexity index is 762. The predicted molar refractivity (Wildman–Crippen MR) is 101 cm³/mol. The van der Waals surface area contributed by atoms with Gasteiger partial charge in [0.1, 0.15) is 0 Å². The molecule has 0 radical (unpaired) electrons. The molecule has 6 nitrogen and oxygen atoms in total. The fraction of sp³-hybridized carbons (Fsp3) is 0.300. The minimum atomic E-state index is -0.407. The number of urea groups is 1. The number of carbonyl (C=O) groups is 2. The molecule has 1 N–H and O–H groups in total. The van der Waals surface area contributed by atoms with Gasteiger partial charge >= 0.3 is 12.1 Å². The van der Waals surface area contributed by atoms with Gasteiger partial charge in [-0.1, -0.05) is 30.3 Å². The summed E-state index contributed by atoms with van der Waals surface area (Å²) >= 11 is 0. The third kappa shape index (κ3) is 3.79. The van der Waals surface area contributed by atoms with E-state index in [-0.39, 0.29) is 12.1 Å². The van der Waals surface area contributed by atoms with E-state index in [4.69, 9.17) is 4.74 Å². The van der Waals surface area contributed by atoms with Gasteiger partial charge in [0.2, 0.25) is 0 Å². The number of amides is 3. The largest absolute Gasteiger partial charge is 0.449 e. The van der Waals surface area contributed by atoms with Gasteiger partial charge in [0, 0.05) is 25.0 Å². The number of anilines is 2. The van der Waals surface area contributed by atoms with E-state index < -0.39 is 6.09 Å². The van der Waals surface area contributed by atoms with Crippen molar-refractivity contribution in [2.45, 2.75) is 19.4 Å². The van der Waals surface area contributed by atoms with Crippen LogP contribution >= 0.6 is 0 Å². The lowest BCUT2D eigenvalue weighted by Gasteiger charge is -2.41. The van der Waals surface area contributed by atoms with Crippen molar-refractivity contribution in [2.75, 3.05) is 30.4 Å². The summed E-state index contributed by atoms with van der Waals surface area (Å²) in [5.74, 6) is 0. The van der Waals surface area contributed by atoms with Crippen LogP contribution in [-0.4, -0.2) is 37.2 Å². The smallest absolute Gasteiger partial charge is 0.413 e. The number of nitrogens with one attached hydrogen (secondary N) is 1. The molecule has 26 heavy (non-hydrogen) atoms.